The Morgan fingerprint density at radius 3 is 2.65 bits per heavy atom. The van der Waals surface area contributed by atoms with Crippen LogP contribution in [0.25, 0.3) is 0 Å². The molecule has 10 heteroatoms. The van der Waals surface area contributed by atoms with Gasteiger partial charge in [-0.25, -0.2) is 0 Å². The SMILES string of the molecule is COCC(=O)NC1CC1[C@@H](NC(=O)c1ccc(Cl)s1)C(=O)Nc1ccc2c(c1)CCN(C)CC2. The lowest BCUT2D eigenvalue weighted by molar-refractivity contribution is -0.125. The maximum absolute atomic E-state index is 13.3. The quantitative estimate of drug-likeness (QED) is 0.512. The van der Waals surface area contributed by atoms with Gasteiger partial charge >= 0.3 is 0 Å². The topological polar surface area (TPSA) is 99.8 Å². The lowest BCUT2D eigenvalue weighted by Gasteiger charge is -2.19. The van der Waals surface area contributed by atoms with E-state index in [-0.39, 0.29) is 36.3 Å². The number of anilines is 1. The van der Waals surface area contributed by atoms with Crippen molar-refractivity contribution in [3.63, 3.8) is 0 Å². The van der Waals surface area contributed by atoms with E-state index in [0.717, 1.165) is 37.3 Å². The molecule has 1 aliphatic heterocycles. The maximum Gasteiger partial charge on any atom is 0.262 e. The number of thiophene rings is 1. The van der Waals surface area contributed by atoms with Gasteiger partial charge < -0.3 is 25.6 Å². The Morgan fingerprint density at radius 1 is 1.18 bits per heavy atom. The Labute approximate surface area is 208 Å². The van der Waals surface area contributed by atoms with Crippen molar-refractivity contribution in [2.24, 2.45) is 5.92 Å². The van der Waals surface area contributed by atoms with Crippen molar-refractivity contribution in [2.75, 3.05) is 39.2 Å². The molecule has 2 aliphatic rings. The molecule has 2 aromatic rings. The standard InChI is InChI=1S/C24H29ClN4O4S/c1-29-9-7-14-3-4-16(11-15(14)8-10-29)26-24(32)22(17-12-18(17)27-21(30)13-33-2)28-23(31)19-5-6-20(25)34-19/h3-6,11,17-18,22H,7-10,12-13H2,1-2H3,(H,26,32)(H,27,30)(H,28,31)/t17?,18?,22-/m1/s1. The molecule has 1 saturated carbocycles. The van der Waals surface area contributed by atoms with Crippen LogP contribution in [0.1, 0.15) is 27.2 Å². The monoisotopic (exact) mass is 504 g/mol. The minimum Gasteiger partial charge on any atom is -0.375 e. The Balaban J connectivity index is 1.47. The molecule has 1 aliphatic carbocycles. The second-order valence-electron chi connectivity index (χ2n) is 8.84. The average Bonchev–Trinajstić information content (AvgIpc) is 3.45. The van der Waals surface area contributed by atoms with Gasteiger partial charge in [0.25, 0.3) is 5.91 Å². The van der Waals surface area contributed by atoms with Crippen LogP contribution in [0.5, 0.6) is 0 Å². The fourth-order valence-electron chi connectivity index (χ4n) is 4.28. The molecule has 3 N–H and O–H groups in total. The van der Waals surface area contributed by atoms with E-state index in [2.05, 4.69) is 34.0 Å². The molecule has 3 amide bonds. The van der Waals surface area contributed by atoms with Crippen LogP contribution in [0.3, 0.4) is 0 Å². The summed E-state index contributed by atoms with van der Waals surface area (Å²) < 4.78 is 5.36. The third kappa shape index (κ3) is 6.15. The van der Waals surface area contributed by atoms with Gasteiger partial charge in [0, 0.05) is 37.8 Å². The van der Waals surface area contributed by atoms with Gasteiger partial charge in [-0.15, -0.1) is 11.3 Å². The Morgan fingerprint density at radius 2 is 1.94 bits per heavy atom. The second kappa shape index (κ2) is 10.9. The number of ether oxygens (including phenoxy) is 1. The van der Waals surface area contributed by atoms with Crippen molar-refractivity contribution in [3.05, 3.63) is 50.7 Å². The number of carbonyl (C=O) groups is 3. The zero-order valence-electron chi connectivity index (χ0n) is 19.2. The molecule has 0 bridgehead atoms. The van der Waals surface area contributed by atoms with Gasteiger partial charge in [-0.3, -0.25) is 14.4 Å². The predicted octanol–water partition coefficient (Wildman–Crippen LogP) is 2.32. The first-order chi connectivity index (χ1) is 16.3. The Bertz CT molecular complexity index is 1070. The highest BCUT2D eigenvalue weighted by Crippen LogP contribution is 2.35. The van der Waals surface area contributed by atoms with Crippen molar-refractivity contribution in [3.8, 4) is 0 Å². The largest absolute Gasteiger partial charge is 0.375 e. The maximum atomic E-state index is 13.3. The molecule has 2 unspecified atom stereocenters. The summed E-state index contributed by atoms with van der Waals surface area (Å²) in [5, 5.41) is 8.69. The highest BCUT2D eigenvalue weighted by molar-refractivity contribution is 7.18. The number of halogens is 1. The molecular weight excluding hydrogens is 476 g/mol. The number of hydrogen-bond acceptors (Lipinski definition) is 6. The van der Waals surface area contributed by atoms with Gasteiger partial charge in [-0.1, -0.05) is 17.7 Å². The normalized spacial score (nSPS) is 20.6. The Hall–Kier alpha value is -2.46. The minimum absolute atomic E-state index is 0.0511. The number of fused-ring (bicyclic) bond motifs is 1. The Kier molecular flexibility index (Phi) is 7.88. The van der Waals surface area contributed by atoms with E-state index >= 15 is 0 Å². The number of rotatable bonds is 8. The number of nitrogens with one attached hydrogen (secondary N) is 3. The summed E-state index contributed by atoms with van der Waals surface area (Å²) >= 11 is 7.12. The zero-order chi connectivity index (χ0) is 24.2. The van der Waals surface area contributed by atoms with E-state index in [0.29, 0.717) is 21.3 Å². The van der Waals surface area contributed by atoms with E-state index in [1.54, 1.807) is 12.1 Å². The molecule has 3 atom stereocenters. The highest BCUT2D eigenvalue weighted by atomic mass is 35.5. The van der Waals surface area contributed by atoms with E-state index < -0.39 is 6.04 Å². The molecule has 4 rings (SSSR count). The highest BCUT2D eigenvalue weighted by Gasteiger charge is 2.47. The molecule has 2 heterocycles. The molecule has 1 aromatic carbocycles. The molecular formula is C24H29ClN4O4S. The van der Waals surface area contributed by atoms with E-state index in [1.807, 2.05) is 12.1 Å². The van der Waals surface area contributed by atoms with E-state index in [9.17, 15) is 14.4 Å². The number of hydrogen-bond donors (Lipinski definition) is 3. The minimum atomic E-state index is -0.800. The van der Waals surface area contributed by atoms with Crippen LogP contribution in [-0.2, 0) is 27.2 Å². The molecule has 0 spiro atoms. The van der Waals surface area contributed by atoms with Crippen molar-refractivity contribution >= 4 is 46.3 Å². The molecule has 182 valence electrons. The van der Waals surface area contributed by atoms with Gasteiger partial charge in [0.05, 0.1) is 9.21 Å². The third-order valence-corrected chi connectivity index (χ3v) is 7.49. The zero-order valence-corrected chi connectivity index (χ0v) is 20.8. The third-order valence-electron chi connectivity index (χ3n) is 6.26. The average molecular weight is 505 g/mol. The summed E-state index contributed by atoms with van der Waals surface area (Å²) in [5.74, 6) is -1.14. The number of amides is 3. The van der Waals surface area contributed by atoms with Crippen LogP contribution in [0, 0.1) is 5.92 Å². The number of nitrogens with zero attached hydrogens (tertiary/aromatic N) is 1. The van der Waals surface area contributed by atoms with Crippen LogP contribution in [0.2, 0.25) is 4.34 Å². The first kappa shape index (κ1) is 24.7. The molecule has 34 heavy (non-hydrogen) atoms. The van der Waals surface area contributed by atoms with Gasteiger partial charge in [0.15, 0.2) is 0 Å². The fourth-order valence-corrected chi connectivity index (χ4v) is 5.23. The first-order valence-electron chi connectivity index (χ1n) is 11.3. The van der Waals surface area contributed by atoms with E-state index in [4.69, 9.17) is 16.3 Å². The molecule has 8 nitrogen and oxygen atoms in total. The van der Waals surface area contributed by atoms with Crippen LogP contribution in [-0.4, -0.2) is 68.6 Å². The molecule has 1 fully saturated rings. The molecule has 0 saturated heterocycles. The number of carbonyl (C=O) groups excluding carboxylic acids is 3. The fraction of sp³-hybridized carbons (Fsp3) is 0.458. The van der Waals surface area contributed by atoms with Gasteiger partial charge in [-0.05, 0) is 61.7 Å². The van der Waals surface area contributed by atoms with Crippen LogP contribution >= 0.6 is 22.9 Å². The van der Waals surface area contributed by atoms with Crippen LogP contribution in [0.4, 0.5) is 5.69 Å². The first-order valence-corrected chi connectivity index (χ1v) is 12.5. The van der Waals surface area contributed by atoms with Gasteiger partial charge in [0.1, 0.15) is 12.6 Å². The van der Waals surface area contributed by atoms with Crippen molar-refractivity contribution in [1.82, 2.24) is 15.5 Å². The lowest BCUT2D eigenvalue weighted by atomic mass is 10.0. The van der Waals surface area contributed by atoms with Crippen LogP contribution in [0.15, 0.2) is 30.3 Å². The summed E-state index contributed by atoms with van der Waals surface area (Å²) in [6.45, 7) is 1.93. The number of benzene rings is 1. The van der Waals surface area contributed by atoms with Crippen molar-refractivity contribution in [2.45, 2.75) is 31.3 Å². The summed E-state index contributed by atoms with van der Waals surface area (Å²) in [4.78, 5) is 40.8. The summed E-state index contributed by atoms with van der Waals surface area (Å²) in [6.07, 6.45) is 2.49. The molecule has 0 radical (unpaired) electrons. The number of likely N-dealkylation sites (N-methyl/N-ethyl adjacent to an activating group) is 1. The number of methoxy groups -OCH3 is 1. The lowest BCUT2D eigenvalue weighted by Crippen LogP contribution is -2.47. The smallest absolute Gasteiger partial charge is 0.262 e. The van der Waals surface area contributed by atoms with Gasteiger partial charge in [-0.2, -0.15) is 0 Å². The van der Waals surface area contributed by atoms with E-state index in [1.165, 1.54) is 18.2 Å². The summed E-state index contributed by atoms with van der Waals surface area (Å²) in [7, 11) is 3.56. The van der Waals surface area contributed by atoms with Gasteiger partial charge in [0.2, 0.25) is 11.8 Å². The van der Waals surface area contributed by atoms with Crippen molar-refractivity contribution < 1.29 is 19.1 Å². The van der Waals surface area contributed by atoms with Crippen molar-refractivity contribution in [1.29, 1.82) is 0 Å². The summed E-state index contributed by atoms with van der Waals surface area (Å²) in [6, 6.07) is 8.27. The predicted molar refractivity (Wildman–Crippen MR) is 132 cm³/mol. The molecule has 1 aromatic heterocycles. The second-order valence-corrected chi connectivity index (χ2v) is 10.6. The van der Waals surface area contributed by atoms with Crippen LogP contribution < -0.4 is 16.0 Å². The summed E-state index contributed by atoms with van der Waals surface area (Å²) in [5.41, 5.74) is 3.23.